The number of nitrogens with zero attached hydrogens (tertiary/aromatic N) is 1. The Balaban J connectivity index is 1.72. The molecule has 1 saturated carbocycles. The van der Waals surface area contributed by atoms with Gasteiger partial charge in [-0.15, -0.1) is 0 Å². The third-order valence-electron chi connectivity index (χ3n) is 4.46. The Morgan fingerprint density at radius 1 is 1.12 bits per heavy atom. The van der Waals surface area contributed by atoms with Gasteiger partial charge in [-0.3, -0.25) is 4.79 Å². The lowest BCUT2D eigenvalue weighted by atomic mass is 9.86. The first kappa shape index (κ1) is 12.9. The van der Waals surface area contributed by atoms with Crippen molar-refractivity contribution in [3.63, 3.8) is 0 Å². The zero-order chi connectivity index (χ0) is 12.1. The molecule has 2 N–H and O–H groups in total. The van der Waals surface area contributed by atoms with Crippen molar-refractivity contribution in [1.29, 1.82) is 0 Å². The molecule has 1 amide bonds. The van der Waals surface area contributed by atoms with Crippen LogP contribution in [0.1, 0.15) is 57.8 Å². The number of carbonyl (C=O) groups is 1. The van der Waals surface area contributed by atoms with E-state index in [1.807, 2.05) is 4.90 Å². The molecule has 3 nitrogen and oxygen atoms in total. The molecular formula is C14H26N2O. The molecule has 3 heteroatoms. The minimum absolute atomic E-state index is 0.328. The van der Waals surface area contributed by atoms with Crippen LogP contribution in [0.2, 0.25) is 0 Å². The van der Waals surface area contributed by atoms with Gasteiger partial charge in [0.15, 0.2) is 0 Å². The molecule has 98 valence electrons. The molecule has 1 aliphatic carbocycles. The van der Waals surface area contributed by atoms with Crippen molar-refractivity contribution in [3.8, 4) is 0 Å². The number of rotatable bonds is 4. The maximum Gasteiger partial charge on any atom is 0.222 e. The van der Waals surface area contributed by atoms with Crippen LogP contribution >= 0.6 is 0 Å². The second kappa shape index (κ2) is 6.39. The first-order valence-electron chi connectivity index (χ1n) is 7.31. The van der Waals surface area contributed by atoms with E-state index in [1.54, 1.807) is 0 Å². The molecule has 1 atom stereocenters. The molecule has 1 heterocycles. The van der Waals surface area contributed by atoms with E-state index in [-0.39, 0.29) is 0 Å². The van der Waals surface area contributed by atoms with Crippen molar-refractivity contribution >= 4 is 5.91 Å². The Kier molecular flexibility index (Phi) is 4.84. The summed E-state index contributed by atoms with van der Waals surface area (Å²) in [6.45, 7) is 1.57. The molecule has 17 heavy (non-hydrogen) atoms. The monoisotopic (exact) mass is 238 g/mol. The van der Waals surface area contributed by atoms with Gasteiger partial charge < -0.3 is 10.6 Å². The maximum atomic E-state index is 12.1. The molecule has 1 saturated heterocycles. The van der Waals surface area contributed by atoms with Crippen molar-refractivity contribution in [2.24, 2.45) is 11.7 Å². The van der Waals surface area contributed by atoms with E-state index in [1.165, 1.54) is 32.1 Å². The van der Waals surface area contributed by atoms with Crippen LogP contribution in [0.3, 0.4) is 0 Å². The molecule has 2 rings (SSSR count). The lowest BCUT2D eigenvalue weighted by Gasteiger charge is -2.26. The average molecular weight is 238 g/mol. The summed E-state index contributed by atoms with van der Waals surface area (Å²) in [5.41, 5.74) is 5.71. The summed E-state index contributed by atoms with van der Waals surface area (Å²) in [6, 6.07) is 0.328. The molecule has 0 aromatic rings. The molecule has 2 aliphatic rings. The fourth-order valence-electron chi connectivity index (χ4n) is 3.36. The van der Waals surface area contributed by atoms with Crippen LogP contribution in [0.15, 0.2) is 0 Å². The third-order valence-corrected chi connectivity index (χ3v) is 4.46. The second-order valence-electron chi connectivity index (χ2n) is 5.66. The van der Waals surface area contributed by atoms with Gasteiger partial charge in [-0.2, -0.15) is 0 Å². The normalized spacial score (nSPS) is 26.4. The largest absolute Gasteiger partial charge is 0.338 e. The third kappa shape index (κ3) is 3.44. The summed E-state index contributed by atoms with van der Waals surface area (Å²) in [7, 11) is 0. The standard InChI is InChI=1S/C14H26N2O/c15-11-13-7-4-10-16(13)14(17)9-8-12-5-2-1-3-6-12/h12-13H,1-11,15H2. The summed E-state index contributed by atoms with van der Waals surface area (Å²) in [6.07, 6.45) is 10.9. The SMILES string of the molecule is NCC1CCCN1C(=O)CCC1CCCCC1. The van der Waals surface area contributed by atoms with Gasteiger partial charge >= 0.3 is 0 Å². The van der Waals surface area contributed by atoms with Gasteiger partial charge in [0.25, 0.3) is 0 Å². The van der Waals surface area contributed by atoms with Crippen molar-refractivity contribution in [2.45, 2.75) is 63.8 Å². The number of likely N-dealkylation sites (tertiary alicyclic amines) is 1. The number of hydrogen-bond donors (Lipinski definition) is 1. The van der Waals surface area contributed by atoms with E-state index in [9.17, 15) is 4.79 Å². The van der Waals surface area contributed by atoms with Gasteiger partial charge in [0, 0.05) is 25.6 Å². The van der Waals surface area contributed by atoms with E-state index in [4.69, 9.17) is 5.73 Å². The topological polar surface area (TPSA) is 46.3 Å². The van der Waals surface area contributed by atoms with E-state index in [0.29, 0.717) is 18.5 Å². The maximum absolute atomic E-state index is 12.1. The number of nitrogens with two attached hydrogens (primary N) is 1. The number of hydrogen-bond acceptors (Lipinski definition) is 2. The van der Waals surface area contributed by atoms with Crippen LogP contribution < -0.4 is 5.73 Å². The predicted molar refractivity (Wildman–Crippen MR) is 69.6 cm³/mol. The average Bonchev–Trinajstić information content (AvgIpc) is 2.85. The molecule has 1 unspecified atom stereocenters. The van der Waals surface area contributed by atoms with Gasteiger partial charge in [-0.05, 0) is 25.2 Å². The fraction of sp³-hybridized carbons (Fsp3) is 0.929. The highest BCUT2D eigenvalue weighted by molar-refractivity contribution is 5.76. The van der Waals surface area contributed by atoms with Gasteiger partial charge in [0.1, 0.15) is 0 Å². The van der Waals surface area contributed by atoms with Crippen LogP contribution in [0.25, 0.3) is 0 Å². The van der Waals surface area contributed by atoms with Crippen LogP contribution in [-0.2, 0) is 4.79 Å². The van der Waals surface area contributed by atoms with Crippen molar-refractivity contribution < 1.29 is 4.79 Å². The van der Waals surface area contributed by atoms with Gasteiger partial charge in [-0.1, -0.05) is 32.1 Å². The van der Waals surface area contributed by atoms with Crippen LogP contribution in [0.4, 0.5) is 0 Å². The van der Waals surface area contributed by atoms with Crippen molar-refractivity contribution in [3.05, 3.63) is 0 Å². The Morgan fingerprint density at radius 2 is 1.88 bits per heavy atom. The van der Waals surface area contributed by atoms with Crippen molar-refractivity contribution in [2.75, 3.05) is 13.1 Å². The molecule has 1 aliphatic heterocycles. The van der Waals surface area contributed by atoms with Crippen LogP contribution in [0.5, 0.6) is 0 Å². The Morgan fingerprint density at radius 3 is 2.59 bits per heavy atom. The van der Waals surface area contributed by atoms with Gasteiger partial charge in [0.05, 0.1) is 0 Å². The lowest BCUT2D eigenvalue weighted by molar-refractivity contribution is -0.132. The summed E-state index contributed by atoms with van der Waals surface area (Å²) in [4.78, 5) is 14.2. The molecule has 0 radical (unpaired) electrons. The Hall–Kier alpha value is -0.570. The molecule has 2 fully saturated rings. The summed E-state index contributed by atoms with van der Waals surface area (Å²) in [5.74, 6) is 1.16. The zero-order valence-corrected chi connectivity index (χ0v) is 10.9. The molecule has 0 bridgehead atoms. The quantitative estimate of drug-likeness (QED) is 0.817. The number of carbonyl (C=O) groups excluding carboxylic acids is 1. The first-order valence-corrected chi connectivity index (χ1v) is 7.31. The molecule has 0 aromatic carbocycles. The van der Waals surface area contributed by atoms with E-state index in [0.717, 1.165) is 38.1 Å². The van der Waals surface area contributed by atoms with Crippen molar-refractivity contribution in [1.82, 2.24) is 4.90 Å². The highest BCUT2D eigenvalue weighted by Gasteiger charge is 2.27. The molecule has 0 spiro atoms. The van der Waals surface area contributed by atoms with Crippen LogP contribution in [-0.4, -0.2) is 29.9 Å². The zero-order valence-electron chi connectivity index (χ0n) is 10.9. The van der Waals surface area contributed by atoms with E-state index in [2.05, 4.69) is 0 Å². The van der Waals surface area contributed by atoms with E-state index >= 15 is 0 Å². The van der Waals surface area contributed by atoms with Gasteiger partial charge in [-0.25, -0.2) is 0 Å². The highest BCUT2D eigenvalue weighted by atomic mass is 16.2. The molecule has 0 aromatic heterocycles. The van der Waals surface area contributed by atoms with E-state index < -0.39 is 0 Å². The summed E-state index contributed by atoms with van der Waals surface area (Å²) in [5, 5.41) is 0. The lowest BCUT2D eigenvalue weighted by Crippen LogP contribution is -2.40. The smallest absolute Gasteiger partial charge is 0.222 e. The Bertz CT molecular complexity index is 249. The second-order valence-corrected chi connectivity index (χ2v) is 5.66. The summed E-state index contributed by atoms with van der Waals surface area (Å²) < 4.78 is 0. The summed E-state index contributed by atoms with van der Waals surface area (Å²) >= 11 is 0. The minimum atomic E-state index is 0.328. The number of amides is 1. The fourth-order valence-corrected chi connectivity index (χ4v) is 3.36. The minimum Gasteiger partial charge on any atom is -0.338 e. The molecular weight excluding hydrogens is 212 g/mol. The van der Waals surface area contributed by atoms with Gasteiger partial charge in [0.2, 0.25) is 5.91 Å². The first-order chi connectivity index (χ1) is 8.31. The Labute approximate surface area is 105 Å². The van der Waals surface area contributed by atoms with Crippen LogP contribution in [0, 0.1) is 5.92 Å². The highest BCUT2D eigenvalue weighted by Crippen LogP contribution is 2.28. The predicted octanol–water partition coefficient (Wildman–Crippen LogP) is 2.30.